The van der Waals surface area contributed by atoms with Gasteiger partial charge in [0.25, 0.3) is 0 Å². The Hall–Kier alpha value is -1.88. The number of aryl methyl sites for hydroxylation is 1. The van der Waals surface area contributed by atoms with Crippen LogP contribution in [0.25, 0.3) is 0 Å². The molecule has 0 radical (unpaired) electrons. The van der Waals surface area contributed by atoms with Crippen LogP contribution in [0.2, 0.25) is 0 Å². The maximum Gasteiger partial charge on any atom is 0.339 e. The van der Waals surface area contributed by atoms with Crippen molar-refractivity contribution in [2.24, 2.45) is 0 Å². The summed E-state index contributed by atoms with van der Waals surface area (Å²) < 4.78 is 5.60. The lowest BCUT2D eigenvalue weighted by Crippen LogP contribution is -2.04. The highest BCUT2D eigenvalue weighted by molar-refractivity contribution is 7.09. The number of benzene rings is 1. The van der Waals surface area contributed by atoms with E-state index in [1.165, 1.54) is 0 Å². The van der Waals surface area contributed by atoms with Gasteiger partial charge in [0.15, 0.2) is 0 Å². The summed E-state index contributed by atoms with van der Waals surface area (Å²) in [4.78, 5) is 15.6. The van der Waals surface area contributed by atoms with E-state index in [-0.39, 0.29) is 12.2 Å². The van der Waals surface area contributed by atoms with Gasteiger partial charge in [-0.2, -0.15) is 0 Å². The Balaban J connectivity index is 2.12. The number of aromatic carboxylic acids is 1. The highest BCUT2D eigenvalue weighted by atomic mass is 32.1. The van der Waals surface area contributed by atoms with Gasteiger partial charge < -0.3 is 9.84 Å². The second-order valence-corrected chi connectivity index (χ2v) is 5.81. The van der Waals surface area contributed by atoms with E-state index in [2.05, 4.69) is 18.8 Å². The van der Waals surface area contributed by atoms with E-state index in [0.29, 0.717) is 11.7 Å². The lowest BCUT2D eigenvalue weighted by Gasteiger charge is -2.08. The molecular formula is C15H17NO3S. The third kappa shape index (κ3) is 3.36. The molecular weight excluding hydrogens is 274 g/mol. The van der Waals surface area contributed by atoms with E-state index in [0.717, 1.165) is 16.3 Å². The lowest BCUT2D eigenvalue weighted by molar-refractivity contribution is 0.0691. The molecule has 1 aromatic carbocycles. The first-order valence-electron chi connectivity index (χ1n) is 6.38. The monoisotopic (exact) mass is 291 g/mol. The van der Waals surface area contributed by atoms with Gasteiger partial charge in [-0.1, -0.05) is 25.5 Å². The van der Waals surface area contributed by atoms with Crippen LogP contribution in [0, 0.1) is 6.92 Å². The van der Waals surface area contributed by atoms with Gasteiger partial charge in [0.05, 0.1) is 10.7 Å². The van der Waals surface area contributed by atoms with Crippen LogP contribution < -0.4 is 4.74 Å². The van der Waals surface area contributed by atoms with Crippen LogP contribution in [0.3, 0.4) is 0 Å². The van der Waals surface area contributed by atoms with Gasteiger partial charge in [-0.3, -0.25) is 0 Å². The van der Waals surface area contributed by atoms with Crippen molar-refractivity contribution < 1.29 is 14.6 Å². The van der Waals surface area contributed by atoms with E-state index in [1.807, 2.05) is 18.4 Å². The molecule has 106 valence electrons. The zero-order chi connectivity index (χ0) is 14.7. The normalized spacial score (nSPS) is 10.8. The van der Waals surface area contributed by atoms with Crippen molar-refractivity contribution in [3.63, 3.8) is 0 Å². The average Bonchev–Trinajstić information content (AvgIpc) is 2.86. The molecule has 0 aliphatic carbocycles. The zero-order valence-electron chi connectivity index (χ0n) is 11.7. The third-order valence-corrected chi connectivity index (χ3v) is 4.00. The molecule has 0 aliphatic heterocycles. The van der Waals surface area contributed by atoms with Crippen molar-refractivity contribution in [3.05, 3.63) is 45.4 Å². The summed E-state index contributed by atoms with van der Waals surface area (Å²) in [7, 11) is 0. The van der Waals surface area contributed by atoms with Crippen LogP contribution in [0.4, 0.5) is 0 Å². The van der Waals surface area contributed by atoms with Gasteiger partial charge in [0.2, 0.25) is 0 Å². The Morgan fingerprint density at radius 2 is 2.20 bits per heavy atom. The topological polar surface area (TPSA) is 59.4 Å². The van der Waals surface area contributed by atoms with Crippen molar-refractivity contribution in [2.45, 2.75) is 33.3 Å². The predicted molar refractivity (Wildman–Crippen MR) is 78.7 cm³/mol. The Morgan fingerprint density at radius 3 is 2.80 bits per heavy atom. The fraction of sp³-hybridized carbons (Fsp3) is 0.333. The van der Waals surface area contributed by atoms with Crippen LogP contribution in [0.5, 0.6) is 5.75 Å². The van der Waals surface area contributed by atoms with Crippen LogP contribution in [0.15, 0.2) is 23.6 Å². The number of carbonyl (C=O) groups is 1. The predicted octanol–water partition coefficient (Wildman–Crippen LogP) is 3.85. The highest BCUT2D eigenvalue weighted by Crippen LogP contribution is 2.23. The minimum absolute atomic E-state index is 0.185. The third-order valence-electron chi connectivity index (χ3n) is 2.80. The first-order valence-corrected chi connectivity index (χ1v) is 7.26. The molecule has 1 heterocycles. The van der Waals surface area contributed by atoms with Gasteiger partial charge in [0, 0.05) is 11.3 Å². The van der Waals surface area contributed by atoms with Crippen LogP contribution >= 0.6 is 11.3 Å². The summed E-state index contributed by atoms with van der Waals surface area (Å²) in [5.74, 6) is -0.213. The number of hydrogen-bond donors (Lipinski definition) is 1. The molecule has 1 aromatic heterocycles. The van der Waals surface area contributed by atoms with Crippen LogP contribution in [-0.2, 0) is 6.61 Å². The van der Waals surface area contributed by atoms with E-state index in [4.69, 9.17) is 4.74 Å². The summed E-state index contributed by atoms with van der Waals surface area (Å²) >= 11 is 1.60. The number of thiazole rings is 1. The molecule has 0 unspecified atom stereocenters. The molecule has 0 amide bonds. The molecule has 0 fully saturated rings. The second-order valence-electron chi connectivity index (χ2n) is 4.93. The number of carboxylic acid groups (broad SMARTS) is 1. The molecule has 20 heavy (non-hydrogen) atoms. The van der Waals surface area contributed by atoms with Crippen molar-refractivity contribution in [1.29, 1.82) is 0 Å². The molecule has 1 N–H and O–H groups in total. The van der Waals surface area contributed by atoms with Gasteiger partial charge in [-0.25, -0.2) is 9.78 Å². The lowest BCUT2D eigenvalue weighted by atomic mass is 10.1. The number of nitrogens with zero attached hydrogens (tertiary/aromatic N) is 1. The SMILES string of the molecule is Cc1ccc(OCc2csc(C(C)C)n2)c(C(=O)O)c1. The summed E-state index contributed by atoms with van der Waals surface area (Å²) in [5.41, 5.74) is 1.91. The number of ether oxygens (including phenoxy) is 1. The fourth-order valence-corrected chi connectivity index (χ4v) is 2.56. The van der Waals surface area contributed by atoms with E-state index >= 15 is 0 Å². The largest absolute Gasteiger partial charge is 0.486 e. The molecule has 0 saturated heterocycles. The van der Waals surface area contributed by atoms with E-state index in [9.17, 15) is 9.90 Å². The average molecular weight is 291 g/mol. The Bertz CT molecular complexity index is 619. The van der Waals surface area contributed by atoms with Crippen molar-refractivity contribution >= 4 is 17.3 Å². The number of carboxylic acids is 1. The molecule has 0 spiro atoms. The highest BCUT2D eigenvalue weighted by Gasteiger charge is 2.12. The standard InChI is InChI=1S/C15H17NO3S/c1-9(2)14-16-11(8-20-14)7-19-13-5-4-10(3)6-12(13)15(17)18/h4-6,8-9H,7H2,1-3H3,(H,17,18). The summed E-state index contributed by atoms with van der Waals surface area (Å²) in [6, 6.07) is 5.13. The Kier molecular flexibility index (Phi) is 4.39. The van der Waals surface area contributed by atoms with E-state index < -0.39 is 5.97 Å². The molecule has 2 rings (SSSR count). The first-order chi connectivity index (χ1) is 9.47. The van der Waals surface area contributed by atoms with Gasteiger partial charge in [0.1, 0.15) is 17.9 Å². The van der Waals surface area contributed by atoms with Crippen molar-refractivity contribution in [3.8, 4) is 5.75 Å². The Labute approximate surface area is 122 Å². The van der Waals surface area contributed by atoms with Crippen LogP contribution in [0.1, 0.15) is 46.4 Å². The number of aromatic nitrogens is 1. The zero-order valence-corrected chi connectivity index (χ0v) is 12.5. The molecule has 0 saturated carbocycles. The minimum Gasteiger partial charge on any atom is -0.486 e. The smallest absolute Gasteiger partial charge is 0.339 e. The molecule has 0 bridgehead atoms. The minimum atomic E-state index is -0.982. The molecule has 0 aliphatic rings. The first kappa shape index (κ1) is 14.5. The second kappa shape index (κ2) is 6.05. The quantitative estimate of drug-likeness (QED) is 0.909. The van der Waals surface area contributed by atoms with Crippen molar-refractivity contribution in [2.75, 3.05) is 0 Å². The molecule has 5 heteroatoms. The van der Waals surface area contributed by atoms with E-state index in [1.54, 1.807) is 23.5 Å². The number of hydrogen-bond acceptors (Lipinski definition) is 4. The summed E-state index contributed by atoms with van der Waals surface area (Å²) in [6.45, 7) is 6.32. The maximum absolute atomic E-state index is 11.2. The summed E-state index contributed by atoms with van der Waals surface area (Å²) in [6.07, 6.45) is 0. The van der Waals surface area contributed by atoms with Crippen molar-refractivity contribution in [1.82, 2.24) is 4.98 Å². The molecule has 2 aromatic rings. The number of rotatable bonds is 5. The maximum atomic E-state index is 11.2. The van der Waals surface area contributed by atoms with Gasteiger partial charge in [-0.15, -0.1) is 11.3 Å². The Morgan fingerprint density at radius 1 is 1.45 bits per heavy atom. The van der Waals surface area contributed by atoms with Gasteiger partial charge >= 0.3 is 5.97 Å². The fourth-order valence-electron chi connectivity index (χ4n) is 1.74. The summed E-state index contributed by atoms with van der Waals surface area (Å²) in [5, 5.41) is 12.2. The van der Waals surface area contributed by atoms with Gasteiger partial charge in [-0.05, 0) is 19.1 Å². The van der Waals surface area contributed by atoms with Crippen LogP contribution in [-0.4, -0.2) is 16.1 Å². The molecule has 4 nitrogen and oxygen atoms in total. The molecule has 0 atom stereocenters.